The fraction of sp³-hybridized carbons (Fsp3) is 0.333. The summed E-state index contributed by atoms with van der Waals surface area (Å²) in [4.78, 5) is 29.8. The molecule has 3 N–H and O–H groups in total. The van der Waals surface area contributed by atoms with Crippen molar-refractivity contribution in [3.8, 4) is 0 Å². The van der Waals surface area contributed by atoms with Crippen LogP contribution >= 0.6 is 11.3 Å². The number of hydrogen-bond donors (Lipinski definition) is 3. The number of fused-ring (bicyclic) bond motifs is 2. The lowest BCUT2D eigenvalue weighted by Gasteiger charge is -2.07. The Labute approximate surface area is 166 Å². The molecule has 1 aliphatic rings. The highest BCUT2D eigenvalue weighted by Crippen LogP contribution is 2.29. The first-order valence-electron chi connectivity index (χ1n) is 9.49. The fourth-order valence-electron chi connectivity index (χ4n) is 3.75. The molecular weight excluding hydrogens is 377 g/mol. The van der Waals surface area contributed by atoms with Gasteiger partial charge in [0.25, 0.3) is 5.91 Å². The maximum absolute atomic E-state index is 13.6. The number of aromatic amines is 1. The van der Waals surface area contributed by atoms with Gasteiger partial charge in [0, 0.05) is 21.5 Å². The van der Waals surface area contributed by atoms with E-state index in [-0.39, 0.29) is 24.1 Å². The van der Waals surface area contributed by atoms with Crippen LogP contribution in [0.25, 0.3) is 10.9 Å². The molecule has 0 atom stereocenters. The quantitative estimate of drug-likeness (QED) is 0.461. The normalized spacial score (nSPS) is 13.8. The molecule has 146 valence electrons. The molecule has 0 saturated heterocycles. The molecule has 0 bridgehead atoms. The van der Waals surface area contributed by atoms with Gasteiger partial charge in [0.2, 0.25) is 5.91 Å². The number of H-pyrrole nitrogens is 1. The van der Waals surface area contributed by atoms with Crippen molar-refractivity contribution in [2.24, 2.45) is 0 Å². The van der Waals surface area contributed by atoms with Gasteiger partial charge in [-0.2, -0.15) is 0 Å². The summed E-state index contributed by atoms with van der Waals surface area (Å²) in [6.45, 7) is 1.85. The third-order valence-electron chi connectivity index (χ3n) is 5.20. The second kappa shape index (κ2) is 7.75. The third-order valence-corrected chi connectivity index (χ3v) is 6.44. The van der Waals surface area contributed by atoms with E-state index < -0.39 is 0 Å². The van der Waals surface area contributed by atoms with E-state index in [1.165, 1.54) is 40.3 Å². The molecule has 0 unspecified atom stereocenters. The Hall–Kier alpha value is -2.67. The summed E-state index contributed by atoms with van der Waals surface area (Å²) in [7, 11) is 0. The van der Waals surface area contributed by atoms with Crippen LogP contribution in [0.5, 0.6) is 0 Å². The SMILES string of the molecule is Cc1[nH]c2ccc(F)cc2c1CC(=O)NNC(=O)c1cc2c(s1)CCCCC2. The first-order valence-corrected chi connectivity index (χ1v) is 10.3. The lowest BCUT2D eigenvalue weighted by molar-refractivity contribution is -0.121. The van der Waals surface area contributed by atoms with Gasteiger partial charge < -0.3 is 4.98 Å². The topological polar surface area (TPSA) is 74.0 Å². The monoisotopic (exact) mass is 399 g/mol. The number of hydrogen-bond acceptors (Lipinski definition) is 3. The number of nitrogens with one attached hydrogen (secondary N) is 3. The van der Waals surface area contributed by atoms with E-state index in [0.29, 0.717) is 10.3 Å². The fourth-order valence-corrected chi connectivity index (χ4v) is 4.90. The third kappa shape index (κ3) is 3.80. The van der Waals surface area contributed by atoms with Crippen molar-refractivity contribution < 1.29 is 14.0 Å². The van der Waals surface area contributed by atoms with Crippen LogP contribution in [-0.2, 0) is 24.1 Å². The molecule has 4 rings (SSSR count). The summed E-state index contributed by atoms with van der Waals surface area (Å²) >= 11 is 1.51. The van der Waals surface area contributed by atoms with Crippen LogP contribution in [0.2, 0.25) is 0 Å². The van der Waals surface area contributed by atoms with Crippen molar-refractivity contribution in [1.82, 2.24) is 15.8 Å². The average Bonchev–Trinajstić information content (AvgIpc) is 3.13. The number of rotatable bonds is 3. The molecule has 0 aliphatic heterocycles. The van der Waals surface area contributed by atoms with Crippen molar-refractivity contribution in [3.63, 3.8) is 0 Å². The molecule has 5 nitrogen and oxygen atoms in total. The van der Waals surface area contributed by atoms with Crippen LogP contribution in [0.4, 0.5) is 4.39 Å². The Balaban J connectivity index is 1.40. The molecule has 2 amide bonds. The highest BCUT2D eigenvalue weighted by atomic mass is 32.1. The molecule has 2 heterocycles. The van der Waals surface area contributed by atoms with Crippen LogP contribution < -0.4 is 10.9 Å². The zero-order valence-electron chi connectivity index (χ0n) is 15.7. The van der Waals surface area contributed by atoms with Crippen LogP contribution in [-0.4, -0.2) is 16.8 Å². The highest BCUT2D eigenvalue weighted by molar-refractivity contribution is 7.14. The average molecular weight is 399 g/mol. The molecule has 7 heteroatoms. The summed E-state index contributed by atoms with van der Waals surface area (Å²) < 4.78 is 13.6. The van der Waals surface area contributed by atoms with E-state index in [9.17, 15) is 14.0 Å². The zero-order valence-corrected chi connectivity index (χ0v) is 16.5. The minimum Gasteiger partial charge on any atom is -0.358 e. The molecule has 28 heavy (non-hydrogen) atoms. The second-order valence-electron chi connectivity index (χ2n) is 7.22. The van der Waals surface area contributed by atoms with Gasteiger partial charge in [-0.1, -0.05) is 6.42 Å². The summed E-state index contributed by atoms with van der Waals surface area (Å²) in [5, 5.41) is 0.681. The Morgan fingerprint density at radius 1 is 1.14 bits per heavy atom. The maximum Gasteiger partial charge on any atom is 0.279 e. The van der Waals surface area contributed by atoms with E-state index in [1.54, 1.807) is 6.07 Å². The summed E-state index contributed by atoms with van der Waals surface area (Å²) in [5.74, 6) is -0.994. The Kier molecular flexibility index (Phi) is 5.17. The highest BCUT2D eigenvalue weighted by Gasteiger charge is 2.18. The van der Waals surface area contributed by atoms with Gasteiger partial charge in [0.05, 0.1) is 11.3 Å². The number of hydrazine groups is 1. The minimum atomic E-state index is -0.348. The van der Waals surface area contributed by atoms with Gasteiger partial charge in [-0.25, -0.2) is 4.39 Å². The van der Waals surface area contributed by atoms with Crippen molar-refractivity contribution in [2.45, 2.75) is 45.4 Å². The molecule has 0 fully saturated rings. The van der Waals surface area contributed by atoms with Gasteiger partial charge in [0.1, 0.15) is 5.82 Å². The molecule has 1 aromatic carbocycles. The molecule has 2 aromatic heterocycles. The Morgan fingerprint density at radius 3 is 2.82 bits per heavy atom. The van der Waals surface area contributed by atoms with Crippen molar-refractivity contribution in [1.29, 1.82) is 0 Å². The number of halogens is 1. The smallest absolute Gasteiger partial charge is 0.279 e. The molecule has 0 spiro atoms. The van der Waals surface area contributed by atoms with Crippen molar-refractivity contribution >= 4 is 34.1 Å². The van der Waals surface area contributed by atoms with Gasteiger partial charge in [-0.3, -0.25) is 20.4 Å². The molecule has 3 aromatic rings. The van der Waals surface area contributed by atoms with Gasteiger partial charge in [0.15, 0.2) is 0 Å². The number of carbonyl (C=O) groups is 2. The van der Waals surface area contributed by atoms with E-state index in [0.717, 1.165) is 42.5 Å². The summed E-state index contributed by atoms with van der Waals surface area (Å²) in [6, 6.07) is 6.39. The van der Waals surface area contributed by atoms with Crippen LogP contribution in [0.15, 0.2) is 24.3 Å². The predicted octanol–water partition coefficient (Wildman–Crippen LogP) is 3.95. The lowest BCUT2D eigenvalue weighted by atomic mass is 10.1. The molecular formula is C21H22FN3O2S. The first-order chi connectivity index (χ1) is 13.5. The number of benzene rings is 1. The molecule has 1 aliphatic carbocycles. The standard InChI is InChI=1S/C21H22FN3O2S/c1-12-15(16-10-14(22)7-8-17(16)23-12)11-20(26)24-25-21(27)19-9-13-5-3-2-4-6-18(13)28-19/h7-10,23H,2-6,11H2,1H3,(H,24,26)(H,25,27). The largest absolute Gasteiger partial charge is 0.358 e. The number of aryl methyl sites for hydroxylation is 3. The molecule has 0 saturated carbocycles. The van der Waals surface area contributed by atoms with Crippen LogP contribution in [0.1, 0.15) is 50.6 Å². The Bertz CT molecular complexity index is 1030. The first kappa shape index (κ1) is 18.7. The van der Waals surface area contributed by atoms with E-state index in [2.05, 4.69) is 15.8 Å². The number of amides is 2. The Morgan fingerprint density at radius 2 is 1.96 bits per heavy atom. The predicted molar refractivity (Wildman–Crippen MR) is 108 cm³/mol. The van der Waals surface area contributed by atoms with E-state index in [4.69, 9.17) is 0 Å². The summed E-state index contributed by atoms with van der Waals surface area (Å²) in [5.41, 5.74) is 8.56. The number of aromatic nitrogens is 1. The summed E-state index contributed by atoms with van der Waals surface area (Å²) in [6.07, 6.45) is 5.65. The van der Waals surface area contributed by atoms with Crippen LogP contribution in [0, 0.1) is 12.7 Å². The van der Waals surface area contributed by atoms with Crippen molar-refractivity contribution in [2.75, 3.05) is 0 Å². The second-order valence-corrected chi connectivity index (χ2v) is 8.35. The molecule has 0 radical (unpaired) electrons. The van der Waals surface area contributed by atoms with Gasteiger partial charge >= 0.3 is 0 Å². The number of thiophene rings is 1. The maximum atomic E-state index is 13.6. The van der Waals surface area contributed by atoms with Crippen LogP contribution in [0.3, 0.4) is 0 Å². The zero-order chi connectivity index (χ0) is 19.7. The van der Waals surface area contributed by atoms with E-state index in [1.807, 2.05) is 13.0 Å². The van der Waals surface area contributed by atoms with Gasteiger partial charge in [-0.05, 0) is 68.0 Å². The lowest BCUT2D eigenvalue weighted by Crippen LogP contribution is -2.42. The number of carbonyl (C=O) groups excluding carboxylic acids is 2. The van der Waals surface area contributed by atoms with Gasteiger partial charge in [-0.15, -0.1) is 11.3 Å². The van der Waals surface area contributed by atoms with E-state index >= 15 is 0 Å². The van der Waals surface area contributed by atoms with Crippen molar-refractivity contribution in [3.05, 3.63) is 56.7 Å². The minimum absolute atomic E-state index is 0.0521.